The fourth-order valence-corrected chi connectivity index (χ4v) is 2.65. The SMILES string of the molecule is CCCn1ncnc1C(C)NC(=O)CN(C)Cc1ccc(C)cc1. The van der Waals surface area contributed by atoms with Gasteiger partial charge in [0.05, 0.1) is 12.6 Å². The van der Waals surface area contributed by atoms with Crippen molar-refractivity contribution in [2.24, 2.45) is 0 Å². The zero-order chi connectivity index (χ0) is 17.5. The van der Waals surface area contributed by atoms with E-state index < -0.39 is 0 Å². The van der Waals surface area contributed by atoms with Crippen LogP contribution in [0.5, 0.6) is 0 Å². The van der Waals surface area contributed by atoms with Crippen molar-refractivity contribution in [3.63, 3.8) is 0 Å². The van der Waals surface area contributed by atoms with Gasteiger partial charge in [0.2, 0.25) is 5.91 Å². The molecular formula is C18H27N5O. The van der Waals surface area contributed by atoms with E-state index in [1.165, 1.54) is 17.5 Å². The van der Waals surface area contributed by atoms with Gasteiger partial charge >= 0.3 is 0 Å². The first-order valence-corrected chi connectivity index (χ1v) is 8.40. The van der Waals surface area contributed by atoms with Crippen molar-refractivity contribution in [1.82, 2.24) is 25.0 Å². The number of hydrogen-bond donors (Lipinski definition) is 1. The van der Waals surface area contributed by atoms with E-state index in [1.807, 2.05) is 23.6 Å². The van der Waals surface area contributed by atoms with Crippen LogP contribution in [0.1, 0.15) is 43.3 Å². The molecule has 0 spiro atoms. The van der Waals surface area contributed by atoms with Gasteiger partial charge < -0.3 is 5.32 Å². The van der Waals surface area contributed by atoms with Gasteiger partial charge in [-0.25, -0.2) is 9.67 Å². The maximum atomic E-state index is 12.3. The Morgan fingerprint density at radius 1 is 1.33 bits per heavy atom. The number of amides is 1. The summed E-state index contributed by atoms with van der Waals surface area (Å²) in [7, 11) is 1.95. The maximum Gasteiger partial charge on any atom is 0.234 e. The number of rotatable bonds is 8. The lowest BCUT2D eigenvalue weighted by molar-refractivity contribution is -0.122. The summed E-state index contributed by atoms with van der Waals surface area (Å²) in [6.45, 7) is 8.00. The number of aryl methyl sites for hydroxylation is 2. The fraction of sp³-hybridized carbons (Fsp3) is 0.500. The predicted octanol–water partition coefficient (Wildman–Crippen LogP) is 2.31. The molecular weight excluding hydrogens is 302 g/mol. The summed E-state index contributed by atoms with van der Waals surface area (Å²) < 4.78 is 1.85. The molecule has 1 amide bonds. The summed E-state index contributed by atoms with van der Waals surface area (Å²) in [5.41, 5.74) is 2.44. The topological polar surface area (TPSA) is 63.1 Å². The Kier molecular flexibility index (Phi) is 6.49. The quantitative estimate of drug-likeness (QED) is 0.807. The second kappa shape index (κ2) is 8.59. The molecule has 0 saturated heterocycles. The monoisotopic (exact) mass is 329 g/mol. The highest BCUT2D eigenvalue weighted by Crippen LogP contribution is 2.09. The molecule has 1 unspecified atom stereocenters. The zero-order valence-corrected chi connectivity index (χ0v) is 15.0. The molecule has 6 heteroatoms. The summed E-state index contributed by atoms with van der Waals surface area (Å²) >= 11 is 0. The Morgan fingerprint density at radius 3 is 2.71 bits per heavy atom. The van der Waals surface area contributed by atoms with Crippen molar-refractivity contribution >= 4 is 5.91 Å². The first kappa shape index (κ1) is 18.1. The molecule has 0 fully saturated rings. The van der Waals surface area contributed by atoms with Crippen molar-refractivity contribution in [3.8, 4) is 0 Å². The molecule has 1 N–H and O–H groups in total. The van der Waals surface area contributed by atoms with Crippen LogP contribution in [0.2, 0.25) is 0 Å². The van der Waals surface area contributed by atoms with Gasteiger partial charge in [-0.05, 0) is 32.9 Å². The number of likely N-dealkylation sites (N-methyl/N-ethyl adjacent to an activating group) is 1. The lowest BCUT2D eigenvalue weighted by Crippen LogP contribution is -2.37. The van der Waals surface area contributed by atoms with Crippen LogP contribution in [0.3, 0.4) is 0 Å². The van der Waals surface area contributed by atoms with Crippen LogP contribution >= 0.6 is 0 Å². The smallest absolute Gasteiger partial charge is 0.234 e. The Labute approximate surface area is 143 Å². The first-order valence-electron chi connectivity index (χ1n) is 8.40. The van der Waals surface area contributed by atoms with E-state index in [-0.39, 0.29) is 11.9 Å². The molecule has 24 heavy (non-hydrogen) atoms. The molecule has 2 aromatic rings. The molecule has 1 atom stereocenters. The van der Waals surface area contributed by atoms with Crippen molar-refractivity contribution in [1.29, 1.82) is 0 Å². The number of benzene rings is 1. The fourth-order valence-electron chi connectivity index (χ4n) is 2.65. The zero-order valence-electron chi connectivity index (χ0n) is 15.0. The molecule has 1 aromatic carbocycles. The van der Waals surface area contributed by atoms with Crippen LogP contribution in [-0.2, 0) is 17.9 Å². The van der Waals surface area contributed by atoms with Gasteiger partial charge in [-0.3, -0.25) is 9.69 Å². The van der Waals surface area contributed by atoms with Gasteiger partial charge in [0, 0.05) is 13.1 Å². The summed E-state index contributed by atoms with van der Waals surface area (Å²) in [6, 6.07) is 8.22. The molecule has 0 aliphatic heterocycles. The molecule has 1 heterocycles. The minimum absolute atomic E-state index is 0.0110. The summed E-state index contributed by atoms with van der Waals surface area (Å²) in [4.78, 5) is 18.5. The van der Waals surface area contributed by atoms with Gasteiger partial charge in [-0.15, -0.1) is 0 Å². The highest BCUT2D eigenvalue weighted by atomic mass is 16.2. The van der Waals surface area contributed by atoms with Gasteiger partial charge in [0.15, 0.2) is 0 Å². The molecule has 0 saturated carbocycles. The average molecular weight is 329 g/mol. The predicted molar refractivity (Wildman–Crippen MR) is 94.4 cm³/mol. The lowest BCUT2D eigenvalue weighted by atomic mass is 10.1. The minimum Gasteiger partial charge on any atom is -0.345 e. The minimum atomic E-state index is -0.153. The number of nitrogens with one attached hydrogen (secondary N) is 1. The number of aromatic nitrogens is 3. The molecule has 0 aliphatic carbocycles. The van der Waals surface area contributed by atoms with Crippen molar-refractivity contribution in [2.75, 3.05) is 13.6 Å². The van der Waals surface area contributed by atoms with Crippen molar-refractivity contribution in [3.05, 3.63) is 47.5 Å². The van der Waals surface area contributed by atoms with E-state index in [4.69, 9.17) is 0 Å². The molecule has 0 aliphatic rings. The van der Waals surface area contributed by atoms with Crippen LogP contribution < -0.4 is 5.32 Å². The summed E-state index contributed by atoms with van der Waals surface area (Å²) in [5, 5.41) is 7.20. The van der Waals surface area contributed by atoms with Gasteiger partial charge in [-0.2, -0.15) is 5.10 Å². The normalized spacial score (nSPS) is 12.4. The number of carbonyl (C=O) groups is 1. The number of carbonyl (C=O) groups excluding carboxylic acids is 1. The van der Waals surface area contributed by atoms with Crippen LogP contribution in [-0.4, -0.2) is 39.2 Å². The van der Waals surface area contributed by atoms with Gasteiger partial charge in [0.1, 0.15) is 12.2 Å². The third-order valence-electron chi connectivity index (χ3n) is 3.83. The Bertz CT molecular complexity index is 650. The largest absolute Gasteiger partial charge is 0.345 e. The highest BCUT2D eigenvalue weighted by molar-refractivity contribution is 5.78. The van der Waals surface area contributed by atoms with Crippen LogP contribution in [0.4, 0.5) is 0 Å². The Hall–Kier alpha value is -2.21. The van der Waals surface area contributed by atoms with Crippen molar-refractivity contribution in [2.45, 2.75) is 46.3 Å². The Morgan fingerprint density at radius 2 is 2.04 bits per heavy atom. The Balaban J connectivity index is 1.85. The molecule has 2 rings (SSSR count). The summed E-state index contributed by atoms with van der Waals surface area (Å²) in [5.74, 6) is 0.787. The second-order valence-electron chi connectivity index (χ2n) is 6.29. The van der Waals surface area contributed by atoms with E-state index in [0.717, 1.165) is 25.3 Å². The highest BCUT2D eigenvalue weighted by Gasteiger charge is 2.16. The van der Waals surface area contributed by atoms with E-state index >= 15 is 0 Å². The molecule has 130 valence electrons. The third-order valence-corrected chi connectivity index (χ3v) is 3.83. The van der Waals surface area contributed by atoms with E-state index in [1.54, 1.807) is 0 Å². The molecule has 0 bridgehead atoms. The van der Waals surface area contributed by atoms with Gasteiger partial charge in [-0.1, -0.05) is 36.8 Å². The molecule has 0 radical (unpaired) electrons. The van der Waals surface area contributed by atoms with Crippen LogP contribution in [0.15, 0.2) is 30.6 Å². The summed E-state index contributed by atoms with van der Waals surface area (Å²) in [6.07, 6.45) is 2.52. The molecule has 1 aromatic heterocycles. The van der Waals surface area contributed by atoms with Gasteiger partial charge in [0.25, 0.3) is 0 Å². The van der Waals surface area contributed by atoms with E-state index in [2.05, 4.69) is 53.5 Å². The first-order chi connectivity index (χ1) is 11.5. The third kappa shape index (κ3) is 5.16. The van der Waals surface area contributed by atoms with Crippen molar-refractivity contribution < 1.29 is 4.79 Å². The standard InChI is InChI=1S/C18H27N5O/c1-5-10-23-18(19-13-20-23)15(3)21-17(24)12-22(4)11-16-8-6-14(2)7-9-16/h6-9,13,15H,5,10-12H2,1-4H3,(H,21,24). The number of hydrogen-bond acceptors (Lipinski definition) is 4. The average Bonchev–Trinajstić information content (AvgIpc) is 2.98. The second-order valence-corrected chi connectivity index (χ2v) is 6.29. The van der Waals surface area contributed by atoms with Crippen LogP contribution in [0, 0.1) is 6.92 Å². The van der Waals surface area contributed by atoms with E-state index in [9.17, 15) is 4.79 Å². The number of nitrogens with zero attached hydrogens (tertiary/aromatic N) is 4. The van der Waals surface area contributed by atoms with Crippen LogP contribution in [0.25, 0.3) is 0 Å². The van der Waals surface area contributed by atoms with E-state index in [0.29, 0.717) is 6.54 Å². The molecule has 6 nitrogen and oxygen atoms in total. The lowest BCUT2D eigenvalue weighted by Gasteiger charge is -2.19. The maximum absolute atomic E-state index is 12.3.